The zero-order valence-electron chi connectivity index (χ0n) is 18.6. The van der Waals surface area contributed by atoms with Gasteiger partial charge in [0.05, 0.1) is 22.7 Å². The van der Waals surface area contributed by atoms with Crippen molar-refractivity contribution in [3.63, 3.8) is 0 Å². The van der Waals surface area contributed by atoms with Crippen molar-refractivity contribution in [3.05, 3.63) is 76.8 Å². The number of amides is 2. The molecule has 1 aromatic heterocycles. The van der Waals surface area contributed by atoms with Crippen LogP contribution in [-0.2, 0) is 11.3 Å². The van der Waals surface area contributed by atoms with Gasteiger partial charge in [0.2, 0.25) is 0 Å². The molecule has 2 heterocycles. The van der Waals surface area contributed by atoms with E-state index in [-0.39, 0.29) is 12.5 Å². The lowest BCUT2D eigenvalue weighted by molar-refractivity contribution is -0.115. The maximum atomic E-state index is 12.5. The lowest BCUT2D eigenvalue weighted by atomic mass is 10.0. The number of rotatable bonds is 4. The Labute approximate surface area is 196 Å². The molecule has 1 fully saturated rings. The third kappa shape index (κ3) is 5.23. The molecule has 0 atom stereocenters. The zero-order chi connectivity index (χ0) is 23.6. The molecule has 7 nitrogen and oxygen atoms in total. The van der Waals surface area contributed by atoms with Crippen LogP contribution < -0.4 is 5.32 Å². The van der Waals surface area contributed by atoms with Crippen molar-refractivity contribution in [1.29, 1.82) is 0 Å². The number of pyridine rings is 1. The number of amidine groups is 1. The predicted octanol–water partition coefficient (Wildman–Crippen LogP) is 5.40. The quantitative estimate of drug-likeness (QED) is 0.508. The highest BCUT2D eigenvalue weighted by molar-refractivity contribution is 8.18. The summed E-state index contributed by atoms with van der Waals surface area (Å²) in [5, 5.41) is 13.9. The van der Waals surface area contributed by atoms with Crippen LogP contribution in [0.15, 0.2) is 70.7 Å². The summed E-state index contributed by atoms with van der Waals surface area (Å²) in [6, 6.07) is 17.0. The van der Waals surface area contributed by atoms with E-state index < -0.39 is 11.6 Å². The minimum absolute atomic E-state index is 0.193. The maximum absolute atomic E-state index is 12.5. The van der Waals surface area contributed by atoms with Crippen LogP contribution in [0.25, 0.3) is 17.0 Å². The van der Waals surface area contributed by atoms with E-state index in [1.807, 2.05) is 81.4 Å². The molecule has 0 radical (unpaired) electrons. The van der Waals surface area contributed by atoms with E-state index in [4.69, 9.17) is 0 Å². The first-order valence-corrected chi connectivity index (χ1v) is 11.3. The fourth-order valence-corrected chi connectivity index (χ4v) is 4.28. The normalized spacial score (nSPS) is 16.4. The number of benzene rings is 2. The molecule has 1 aliphatic rings. The Hall–Kier alpha value is -3.65. The maximum Gasteiger partial charge on any atom is 0.408 e. The highest BCUT2D eigenvalue weighted by Crippen LogP contribution is 2.31. The fourth-order valence-electron chi connectivity index (χ4n) is 3.44. The van der Waals surface area contributed by atoms with Gasteiger partial charge in [0, 0.05) is 17.1 Å². The van der Waals surface area contributed by atoms with Gasteiger partial charge in [-0.05, 0) is 74.0 Å². The van der Waals surface area contributed by atoms with Crippen LogP contribution in [0.5, 0.6) is 0 Å². The highest BCUT2D eigenvalue weighted by atomic mass is 32.2. The number of fused-ring (bicyclic) bond motifs is 1. The lowest BCUT2D eigenvalue weighted by Crippen LogP contribution is -2.44. The number of aromatic nitrogens is 1. The number of nitrogens with one attached hydrogen (secondary N) is 1. The van der Waals surface area contributed by atoms with Gasteiger partial charge in [-0.15, -0.1) is 0 Å². The summed E-state index contributed by atoms with van der Waals surface area (Å²) in [7, 11) is 0. The molecule has 0 spiro atoms. The van der Waals surface area contributed by atoms with Crippen molar-refractivity contribution in [3.8, 4) is 0 Å². The fraction of sp³-hybridized carbons (Fsp3) is 0.200. The molecule has 0 saturated carbocycles. The van der Waals surface area contributed by atoms with Crippen molar-refractivity contribution in [2.75, 3.05) is 0 Å². The molecule has 168 valence electrons. The average Bonchev–Trinajstić information content (AvgIpc) is 3.10. The second-order valence-corrected chi connectivity index (χ2v) is 9.64. The van der Waals surface area contributed by atoms with E-state index in [1.54, 1.807) is 6.20 Å². The number of nitrogens with zero attached hydrogens (tertiary/aromatic N) is 3. The summed E-state index contributed by atoms with van der Waals surface area (Å²) in [5.74, 6) is -0.218. The molecular weight excluding hydrogens is 436 g/mol. The first kappa shape index (κ1) is 22.5. The van der Waals surface area contributed by atoms with Crippen LogP contribution in [0.3, 0.4) is 0 Å². The van der Waals surface area contributed by atoms with Gasteiger partial charge in [0.25, 0.3) is 5.91 Å². The van der Waals surface area contributed by atoms with E-state index in [2.05, 4.69) is 15.3 Å². The van der Waals surface area contributed by atoms with E-state index >= 15 is 0 Å². The van der Waals surface area contributed by atoms with Gasteiger partial charge in [0.1, 0.15) is 0 Å². The molecule has 3 aromatic rings. The van der Waals surface area contributed by atoms with Gasteiger partial charge in [-0.25, -0.2) is 9.79 Å². The van der Waals surface area contributed by atoms with Crippen molar-refractivity contribution in [2.45, 2.75) is 32.9 Å². The molecule has 2 amide bonds. The topological polar surface area (TPSA) is 94.9 Å². The molecule has 4 rings (SSSR count). The molecule has 1 aliphatic heterocycles. The standard InChI is InChI=1S/C25H24N4O3S/c1-25(2,3)29(24(31)32)15-18-7-4-5-9-20(18)27-23-28-22(30)21(33-23)14-16-10-11-19-17(13-16)8-6-12-26-19/h4-14H,15H2,1-3H3,(H,31,32)(H,27,28,30). The summed E-state index contributed by atoms with van der Waals surface area (Å²) >= 11 is 1.26. The van der Waals surface area contributed by atoms with Crippen LogP contribution in [0.4, 0.5) is 10.5 Å². The Morgan fingerprint density at radius 1 is 1.18 bits per heavy atom. The second kappa shape index (κ2) is 9.07. The van der Waals surface area contributed by atoms with Crippen molar-refractivity contribution >= 4 is 51.6 Å². The van der Waals surface area contributed by atoms with E-state index in [0.717, 1.165) is 22.0 Å². The smallest absolute Gasteiger partial charge is 0.408 e. The number of carboxylic acid groups (broad SMARTS) is 1. The number of hydrogen-bond donors (Lipinski definition) is 2. The highest BCUT2D eigenvalue weighted by Gasteiger charge is 2.28. The Bertz CT molecular complexity index is 1290. The molecule has 8 heteroatoms. The molecule has 2 aromatic carbocycles. The van der Waals surface area contributed by atoms with Crippen LogP contribution in [-0.4, -0.2) is 37.7 Å². The Kier molecular flexibility index (Phi) is 6.20. The van der Waals surface area contributed by atoms with Crippen LogP contribution in [0.1, 0.15) is 31.9 Å². The predicted molar refractivity (Wildman–Crippen MR) is 132 cm³/mol. The Morgan fingerprint density at radius 3 is 2.73 bits per heavy atom. The van der Waals surface area contributed by atoms with Gasteiger partial charge in [-0.1, -0.05) is 30.3 Å². The van der Waals surface area contributed by atoms with E-state index in [9.17, 15) is 14.7 Å². The zero-order valence-corrected chi connectivity index (χ0v) is 19.4. The third-order valence-corrected chi connectivity index (χ3v) is 6.07. The van der Waals surface area contributed by atoms with Crippen molar-refractivity contribution in [2.24, 2.45) is 4.99 Å². The average molecular weight is 461 g/mol. The number of hydrogen-bond acceptors (Lipinski definition) is 5. The molecular formula is C25H24N4O3S. The SMILES string of the molecule is CC(C)(C)N(Cc1ccccc1N=C1NC(=O)C(=Cc2ccc3ncccc3c2)S1)C(=O)O. The first-order chi connectivity index (χ1) is 15.7. The van der Waals surface area contributed by atoms with Gasteiger partial charge >= 0.3 is 6.09 Å². The van der Waals surface area contributed by atoms with Crippen molar-refractivity contribution < 1.29 is 14.7 Å². The van der Waals surface area contributed by atoms with Crippen LogP contribution in [0.2, 0.25) is 0 Å². The minimum atomic E-state index is -0.996. The number of carbonyl (C=O) groups excluding carboxylic acids is 1. The summed E-state index contributed by atoms with van der Waals surface area (Å²) in [6.45, 7) is 5.74. The van der Waals surface area contributed by atoms with Gasteiger partial charge in [-0.2, -0.15) is 0 Å². The molecule has 0 bridgehead atoms. The summed E-state index contributed by atoms with van der Waals surface area (Å²) in [5.41, 5.74) is 2.61. The first-order valence-electron chi connectivity index (χ1n) is 10.4. The molecule has 0 unspecified atom stereocenters. The number of para-hydroxylation sites is 1. The number of aliphatic imine (C=N–C) groups is 1. The Morgan fingerprint density at radius 2 is 1.97 bits per heavy atom. The second-order valence-electron chi connectivity index (χ2n) is 8.61. The van der Waals surface area contributed by atoms with Crippen molar-refractivity contribution in [1.82, 2.24) is 15.2 Å². The molecule has 0 aliphatic carbocycles. The largest absolute Gasteiger partial charge is 0.465 e. The molecule has 1 saturated heterocycles. The van der Waals surface area contributed by atoms with Gasteiger partial charge < -0.3 is 10.4 Å². The van der Waals surface area contributed by atoms with Crippen LogP contribution >= 0.6 is 11.8 Å². The minimum Gasteiger partial charge on any atom is -0.465 e. The molecule has 33 heavy (non-hydrogen) atoms. The van der Waals surface area contributed by atoms with Gasteiger partial charge in [0.15, 0.2) is 5.17 Å². The Balaban J connectivity index is 1.59. The number of thioether (sulfide) groups is 1. The summed E-state index contributed by atoms with van der Waals surface area (Å²) in [4.78, 5) is 35.2. The van der Waals surface area contributed by atoms with Gasteiger partial charge in [-0.3, -0.25) is 14.7 Å². The summed E-state index contributed by atoms with van der Waals surface area (Å²) in [6.07, 6.45) is 2.58. The lowest BCUT2D eigenvalue weighted by Gasteiger charge is -2.33. The monoisotopic (exact) mass is 460 g/mol. The summed E-state index contributed by atoms with van der Waals surface area (Å²) < 4.78 is 0. The van der Waals surface area contributed by atoms with Crippen LogP contribution in [0, 0.1) is 0 Å². The third-order valence-electron chi connectivity index (χ3n) is 5.16. The number of carbonyl (C=O) groups is 2. The molecule has 2 N–H and O–H groups in total. The van der Waals surface area contributed by atoms with E-state index in [0.29, 0.717) is 15.8 Å². The van der Waals surface area contributed by atoms with E-state index in [1.165, 1.54) is 16.7 Å².